The van der Waals surface area contributed by atoms with E-state index in [2.05, 4.69) is 41.2 Å². The molecule has 0 unspecified atom stereocenters. The number of nitrogens with one attached hydrogen (secondary N) is 3. The van der Waals surface area contributed by atoms with Crippen LogP contribution in [0.4, 0.5) is 0 Å². The van der Waals surface area contributed by atoms with Crippen LogP contribution in [0.5, 0.6) is 0 Å². The fraction of sp³-hybridized carbons (Fsp3) is 0.778. The van der Waals surface area contributed by atoms with Crippen LogP contribution >= 0.6 is 25.3 Å². The number of carbonyl (C=O) groups is 2. The molecule has 0 rings (SSSR count). The Morgan fingerprint density at radius 2 is 1.71 bits per heavy atom. The first kappa shape index (κ1) is 16.6. The average molecular weight is 280 g/mol. The van der Waals surface area contributed by atoms with E-state index in [0.29, 0.717) is 0 Å². The van der Waals surface area contributed by atoms with Gasteiger partial charge in [-0.05, 0) is 14.0 Å². The molecule has 0 bridgehead atoms. The van der Waals surface area contributed by atoms with Gasteiger partial charge >= 0.3 is 0 Å². The zero-order chi connectivity index (χ0) is 13.7. The van der Waals surface area contributed by atoms with E-state index >= 15 is 0 Å². The van der Waals surface area contributed by atoms with Crippen molar-refractivity contribution in [2.45, 2.75) is 18.1 Å². The molecule has 0 saturated heterocycles. The molecule has 2 atom stereocenters. The predicted octanol–water partition coefficient (Wildman–Crippen LogP) is -1.66. The van der Waals surface area contributed by atoms with Crippen LogP contribution in [0.15, 0.2) is 0 Å². The fourth-order valence-corrected chi connectivity index (χ4v) is 1.52. The minimum Gasteiger partial charge on any atom is -0.356 e. The van der Waals surface area contributed by atoms with Crippen molar-refractivity contribution in [1.29, 1.82) is 0 Å². The van der Waals surface area contributed by atoms with E-state index in [4.69, 9.17) is 5.73 Å². The molecule has 0 aliphatic rings. The van der Waals surface area contributed by atoms with E-state index in [-0.39, 0.29) is 11.5 Å². The van der Waals surface area contributed by atoms with Crippen LogP contribution in [-0.4, -0.2) is 48.6 Å². The standard InChI is InChI=1S/C9H20N4O2S2/c1-8(4-16,12-3)6(14)13-9(10,5-17)7(15)11-2/h12,16-17H,4-5,10H2,1-3H3,(H,11,15)(H,13,14)/t8-,9+/m0/s1. The molecule has 0 heterocycles. The van der Waals surface area contributed by atoms with E-state index in [1.165, 1.54) is 7.05 Å². The Labute approximate surface area is 112 Å². The number of amides is 2. The molecular weight excluding hydrogens is 260 g/mol. The Balaban J connectivity index is 4.92. The van der Waals surface area contributed by atoms with Crippen molar-refractivity contribution in [2.75, 3.05) is 25.6 Å². The van der Waals surface area contributed by atoms with Crippen molar-refractivity contribution in [3.05, 3.63) is 0 Å². The number of likely N-dealkylation sites (N-methyl/N-ethyl adjacent to an activating group) is 2. The minimum atomic E-state index is -1.53. The molecule has 0 aliphatic carbocycles. The van der Waals surface area contributed by atoms with Crippen molar-refractivity contribution in [2.24, 2.45) is 5.73 Å². The molecule has 2 amide bonds. The van der Waals surface area contributed by atoms with Crippen molar-refractivity contribution in [1.82, 2.24) is 16.0 Å². The Bertz CT molecular complexity index is 297. The maximum absolute atomic E-state index is 12.0. The van der Waals surface area contributed by atoms with Gasteiger partial charge in [-0.15, -0.1) is 0 Å². The van der Waals surface area contributed by atoms with Gasteiger partial charge in [0, 0.05) is 18.6 Å². The zero-order valence-corrected chi connectivity index (χ0v) is 12.0. The van der Waals surface area contributed by atoms with E-state index in [1.54, 1.807) is 14.0 Å². The summed E-state index contributed by atoms with van der Waals surface area (Å²) in [4.78, 5) is 23.6. The third kappa shape index (κ3) is 3.77. The van der Waals surface area contributed by atoms with Crippen molar-refractivity contribution in [3.8, 4) is 0 Å². The number of hydrogen-bond acceptors (Lipinski definition) is 6. The number of thiol groups is 2. The summed E-state index contributed by atoms with van der Waals surface area (Å²) in [5, 5.41) is 7.69. The van der Waals surface area contributed by atoms with Gasteiger partial charge in [0.15, 0.2) is 5.66 Å². The molecule has 5 N–H and O–H groups in total. The molecule has 0 aromatic carbocycles. The van der Waals surface area contributed by atoms with Crippen molar-refractivity contribution < 1.29 is 9.59 Å². The van der Waals surface area contributed by atoms with Gasteiger partial charge < -0.3 is 21.7 Å². The Morgan fingerprint density at radius 3 is 2.00 bits per heavy atom. The first-order valence-electron chi connectivity index (χ1n) is 5.04. The second-order valence-electron chi connectivity index (χ2n) is 3.90. The summed E-state index contributed by atoms with van der Waals surface area (Å²) in [6, 6.07) is 0. The van der Waals surface area contributed by atoms with Crippen LogP contribution in [0.2, 0.25) is 0 Å². The number of hydrogen-bond donors (Lipinski definition) is 6. The fourth-order valence-electron chi connectivity index (χ4n) is 0.996. The molecule has 17 heavy (non-hydrogen) atoms. The molecule has 0 aliphatic heterocycles. The van der Waals surface area contributed by atoms with Gasteiger partial charge in [-0.2, -0.15) is 25.3 Å². The molecule has 0 aromatic rings. The van der Waals surface area contributed by atoms with Gasteiger partial charge in [0.1, 0.15) is 5.54 Å². The molecular formula is C9H20N4O2S2. The second-order valence-corrected chi connectivity index (χ2v) is 4.54. The maximum Gasteiger partial charge on any atom is 0.261 e. The summed E-state index contributed by atoms with van der Waals surface area (Å²) in [5.41, 5.74) is 3.36. The van der Waals surface area contributed by atoms with Gasteiger partial charge in [0.2, 0.25) is 5.91 Å². The van der Waals surface area contributed by atoms with Crippen LogP contribution in [0.1, 0.15) is 6.92 Å². The highest BCUT2D eigenvalue weighted by molar-refractivity contribution is 7.80. The SMILES string of the molecule is CNC(=O)[C@@](N)(CS)NC(=O)[C@](C)(CS)NC. The normalized spacial score (nSPS) is 17.8. The van der Waals surface area contributed by atoms with Crippen LogP contribution in [0.25, 0.3) is 0 Å². The minimum absolute atomic E-state index is 0.00915. The Morgan fingerprint density at radius 1 is 1.18 bits per heavy atom. The Kier molecular flexibility index (Phi) is 6.31. The third-order valence-electron chi connectivity index (χ3n) is 2.59. The van der Waals surface area contributed by atoms with E-state index in [9.17, 15) is 9.59 Å². The average Bonchev–Trinajstić information content (AvgIpc) is 2.36. The lowest BCUT2D eigenvalue weighted by atomic mass is 10.0. The Hall–Kier alpha value is -0.440. The largest absolute Gasteiger partial charge is 0.356 e. The molecule has 0 saturated carbocycles. The van der Waals surface area contributed by atoms with Crippen molar-refractivity contribution in [3.63, 3.8) is 0 Å². The highest BCUT2D eigenvalue weighted by atomic mass is 32.1. The molecule has 8 heteroatoms. The van der Waals surface area contributed by atoms with E-state index < -0.39 is 23.0 Å². The third-order valence-corrected chi connectivity index (χ3v) is 3.72. The van der Waals surface area contributed by atoms with Gasteiger partial charge in [0.25, 0.3) is 5.91 Å². The van der Waals surface area contributed by atoms with E-state index in [1.807, 2.05) is 0 Å². The van der Waals surface area contributed by atoms with Crippen LogP contribution in [0, 0.1) is 0 Å². The van der Waals surface area contributed by atoms with Gasteiger partial charge in [-0.25, -0.2) is 0 Å². The quantitative estimate of drug-likeness (QED) is 0.259. The molecule has 6 nitrogen and oxygen atoms in total. The maximum atomic E-state index is 12.0. The number of nitrogens with two attached hydrogens (primary N) is 1. The summed E-state index contributed by atoms with van der Waals surface area (Å²) in [6.07, 6.45) is 0. The number of rotatable bonds is 6. The monoisotopic (exact) mass is 280 g/mol. The van der Waals surface area contributed by atoms with Crippen LogP contribution < -0.4 is 21.7 Å². The lowest BCUT2D eigenvalue weighted by molar-refractivity contribution is -0.134. The second kappa shape index (κ2) is 6.48. The molecule has 0 aromatic heterocycles. The first-order chi connectivity index (χ1) is 7.79. The van der Waals surface area contributed by atoms with Crippen LogP contribution in [0.3, 0.4) is 0 Å². The molecule has 0 fully saturated rings. The molecule has 0 spiro atoms. The van der Waals surface area contributed by atoms with Gasteiger partial charge in [-0.3, -0.25) is 9.59 Å². The summed E-state index contributed by atoms with van der Waals surface area (Å²) in [6.45, 7) is 1.66. The van der Waals surface area contributed by atoms with E-state index in [0.717, 1.165) is 0 Å². The highest BCUT2D eigenvalue weighted by Crippen LogP contribution is 2.08. The first-order valence-corrected chi connectivity index (χ1v) is 6.30. The topological polar surface area (TPSA) is 96.2 Å². The number of carbonyl (C=O) groups excluding carboxylic acids is 2. The highest BCUT2D eigenvalue weighted by Gasteiger charge is 2.39. The summed E-state index contributed by atoms with van der Waals surface area (Å²) in [5.74, 6) is -0.648. The van der Waals surface area contributed by atoms with Crippen molar-refractivity contribution >= 4 is 37.1 Å². The lowest BCUT2D eigenvalue weighted by Gasteiger charge is -2.33. The van der Waals surface area contributed by atoms with Crippen LogP contribution in [-0.2, 0) is 9.59 Å². The summed E-state index contributed by atoms with van der Waals surface area (Å²) < 4.78 is 0. The molecule has 100 valence electrons. The molecule has 0 radical (unpaired) electrons. The zero-order valence-electron chi connectivity index (χ0n) is 10.2. The lowest BCUT2D eigenvalue weighted by Crippen LogP contribution is -2.70. The van der Waals surface area contributed by atoms with Gasteiger partial charge in [-0.1, -0.05) is 0 Å². The smallest absolute Gasteiger partial charge is 0.261 e. The summed E-state index contributed by atoms with van der Waals surface area (Å²) in [7, 11) is 3.07. The summed E-state index contributed by atoms with van der Waals surface area (Å²) >= 11 is 8.07. The van der Waals surface area contributed by atoms with Gasteiger partial charge in [0.05, 0.1) is 0 Å². The predicted molar refractivity (Wildman–Crippen MR) is 74.3 cm³/mol.